The van der Waals surface area contributed by atoms with E-state index < -0.39 is 0 Å². The highest BCUT2D eigenvalue weighted by atomic mass is 15.4. The van der Waals surface area contributed by atoms with Crippen LogP contribution in [-0.4, -0.2) is 26.4 Å². The lowest BCUT2D eigenvalue weighted by atomic mass is 10.1. The predicted molar refractivity (Wildman–Crippen MR) is 91.7 cm³/mol. The number of aromatic nitrogens is 4. The lowest BCUT2D eigenvalue weighted by Gasteiger charge is -2.09. The van der Waals surface area contributed by atoms with Crippen molar-refractivity contribution in [2.45, 2.75) is 13.3 Å². The molecule has 5 heteroatoms. The summed E-state index contributed by atoms with van der Waals surface area (Å²) in [5.41, 5.74) is 3.87. The van der Waals surface area contributed by atoms with Gasteiger partial charge in [0, 0.05) is 18.4 Å². The van der Waals surface area contributed by atoms with Crippen molar-refractivity contribution in [3.8, 4) is 0 Å². The molecule has 4 aromatic rings. The van der Waals surface area contributed by atoms with Crippen LogP contribution in [0.5, 0.6) is 0 Å². The average Bonchev–Trinajstić information content (AvgIpc) is 2.94. The number of fused-ring (bicyclic) bond motifs is 3. The topological polar surface area (TPSA) is 55.1 Å². The number of nitrogens with one attached hydrogen (secondary N) is 1. The largest absolute Gasteiger partial charge is 0.367 e. The van der Waals surface area contributed by atoms with E-state index >= 15 is 0 Å². The third kappa shape index (κ3) is 2.50. The molecule has 5 nitrogen and oxygen atoms in total. The first-order chi connectivity index (χ1) is 11.3. The maximum absolute atomic E-state index is 4.85. The highest BCUT2D eigenvalue weighted by Gasteiger charge is 2.13. The Kier molecular flexibility index (Phi) is 3.38. The molecule has 1 N–H and O–H groups in total. The molecular formula is C18H17N5. The van der Waals surface area contributed by atoms with Crippen LogP contribution in [0.4, 0.5) is 5.82 Å². The predicted octanol–water partition coefficient (Wildman–Crippen LogP) is 3.30. The zero-order chi connectivity index (χ0) is 15.6. The fourth-order valence-electron chi connectivity index (χ4n) is 2.73. The van der Waals surface area contributed by atoms with Crippen molar-refractivity contribution in [3.63, 3.8) is 0 Å². The molecule has 0 aliphatic rings. The molecule has 0 fully saturated rings. The monoisotopic (exact) mass is 303 g/mol. The maximum atomic E-state index is 4.85. The lowest BCUT2D eigenvalue weighted by molar-refractivity contribution is 0.781. The standard InChI is InChI=1S/C18H17N5/c1-2-19-17-16(12-13-8-4-3-5-9-13)20-18-14-10-6-7-11-15(14)21-23(18)22-17/h3-11H,2,12H2,1H3,(H,19,22). The Balaban J connectivity index is 1.89. The number of benzene rings is 2. The van der Waals surface area contributed by atoms with Crippen LogP contribution in [-0.2, 0) is 6.42 Å². The van der Waals surface area contributed by atoms with Gasteiger partial charge in [0.25, 0.3) is 0 Å². The molecule has 0 saturated carbocycles. The van der Waals surface area contributed by atoms with Crippen molar-refractivity contribution >= 4 is 22.4 Å². The summed E-state index contributed by atoms with van der Waals surface area (Å²) in [6.45, 7) is 2.85. The minimum Gasteiger partial charge on any atom is -0.367 e. The summed E-state index contributed by atoms with van der Waals surface area (Å²) in [6, 6.07) is 18.3. The zero-order valence-corrected chi connectivity index (χ0v) is 12.9. The van der Waals surface area contributed by atoms with Gasteiger partial charge in [0.15, 0.2) is 11.5 Å². The second-order valence-electron chi connectivity index (χ2n) is 5.43. The van der Waals surface area contributed by atoms with Gasteiger partial charge >= 0.3 is 0 Å². The molecule has 0 radical (unpaired) electrons. The van der Waals surface area contributed by atoms with Crippen LogP contribution in [0.2, 0.25) is 0 Å². The van der Waals surface area contributed by atoms with Crippen LogP contribution < -0.4 is 5.32 Å². The van der Waals surface area contributed by atoms with Gasteiger partial charge in [-0.2, -0.15) is 0 Å². The van der Waals surface area contributed by atoms with Crippen LogP contribution in [0.25, 0.3) is 16.6 Å². The Morgan fingerprint density at radius 1 is 0.957 bits per heavy atom. The molecule has 2 heterocycles. The summed E-state index contributed by atoms with van der Waals surface area (Å²) < 4.78 is 1.62. The van der Waals surface area contributed by atoms with Gasteiger partial charge in [-0.3, -0.25) is 0 Å². The molecule has 2 aromatic heterocycles. The van der Waals surface area contributed by atoms with Crippen molar-refractivity contribution < 1.29 is 0 Å². The number of hydrogen-bond donors (Lipinski definition) is 1. The zero-order valence-electron chi connectivity index (χ0n) is 12.9. The van der Waals surface area contributed by atoms with Crippen molar-refractivity contribution in [1.82, 2.24) is 19.8 Å². The third-order valence-corrected chi connectivity index (χ3v) is 3.80. The van der Waals surface area contributed by atoms with Gasteiger partial charge in [-0.15, -0.1) is 14.8 Å². The molecule has 0 amide bonds. The molecule has 0 unspecified atom stereocenters. The third-order valence-electron chi connectivity index (χ3n) is 3.80. The molecular weight excluding hydrogens is 286 g/mol. The lowest BCUT2D eigenvalue weighted by Crippen LogP contribution is -2.10. The van der Waals surface area contributed by atoms with Gasteiger partial charge in [-0.25, -0.2) is 4.98 Å². The molecule has 0 aliphatic heterocycles. The minimum absolute atomic E-state index is 0.742. The van der Waals surface area contributed by atoms with E-state index in [0.717, 1.165) is 41.0 Å². The molecule has 0 aliphatic carbocycles. The fourth-order valence-corrected chi connectivity index (χ4v) is 2.73. The highest BCUT2D eigenvalue weighted by Crippen LogP contribution is 2.21. The number of hydrogen-bond acceptors (Lipinski definition) is 4. The number of anilines is 1. The summed E-state index contributed by atoms with van der Waals surface area (Å²) in [7, 11) is 0. The van der Waals surface area contributed by atoms with Gasteiger partial charge in [0.2, 0.25) is 0 Å². The summed E-state index contributed by atoms with van der Waals surface area (Å²) in [5, 5.41) is 13.5. The summed E-state index contributed by atoms with van der Waals surface area (Å²) in [4.78, 5) is 4.85. The number of rotatable bonds is 4. The average molecular weight is 303 g/mol. The van der Waals surface area contributed by atoms with Crippen LogP contribution in [0.15, 0.2) is 54.6 Å². The molecule has 0 saturated heterocycles. The Morgan fingerprint density at radius 3 is 2.57 bits per heavy atom. The first kappa shape index (κ1) is 13.7. The maximum Gasteiger partial charge on any atom is 0.184 e. The Morgan fingerprint density at radius 2 is 1.74 bits per heavy atom. The first-order valence-corrected chi connectivity index (χ1v) is 7.77. The Bertz CT molecular complexity index is 959. The second-order valence-corrected chi connectivity index (χ2v) is 5.43. The molecule has 4 rings (SSSR count). The number of nitrogens with zero attached hydrogens (tertiary/aromatic N) is 4. The molecule has 0 bridgehead atoms. The van der Waals surface area contributed by atoms with E-state index in [2.05, 4.69) is 34.6 Å². The van der Waals surface area contributed by atoms with Gasteiger partial charge < -0.3 is 5.32 Å². The quantitative estimate of drug-likeness (QED) is 0.628. The van der Waals surface area contributed by atoms with Gasteiger partial charge in [0.05, 0.1) is 11.2 Å². The van der Waals surface area contributed by atoms with Crippen LogP contribution >= 0.6 is 0 Å². The van der Waals surface area contributed by atoms with E-state index in [9.17, 15) is 0 Å². The molecule has 0 spiro atoms. The first-order valence-electron chi connectivity index (χ1n) is 7.77. The molecule has 2 aromatic carbocycles. The van der Waals surface area contributed by atoms with Crippen molar-refractivity contribution in [3.05, 3.63) is 65.9 Å². The van der Waals surface area contributed by atoms with Gasteiger partial charge in [0.1, 0.15) is 0 Å². The van der Waals surface area contributed by atoms with E-state index in [-0.39, 0.29) is 0 Å². The van der Waals surface area contributed by atoms with Gasteiger partial charge in [-0.1, -0.05) is 42.5 Å². The Hall–Kier alpha value is -2.95. The summed E-state index contributed by atoms with van der Waals surface area (Å²) in [5.74, 6) is 0.789. The van der Waals surface area contributed by atoms with E-state index in [1.54, 1.807) is 4.63 Å². The Labute approximate surface area is 134 Å². The normalized spacial score (nSPS) is 11.2. The summed E-state index contributed by atoms with van der Waals surface area (Å²) in [6.07, 6.45) is 0.742. The van der Waals surface area contributed by atoms with Crippen LogP contribution in [0.3, 0.4) is 0 Å². The highest BCUT2D eigenvalue weighted by molar-refractivity contribution is 5.91. The van der Waals surface area contributed by atoms with E-state index in [0.29, 0.717) is 0 Å². The van der Waals surface area contributed by atoms with E-state index in [1.165, 1.54) is 5.56 Å². The SMILES string of the molecule is CCNc1nn2nc3ccccc3c2nc1Cc1ccccc1. The van der Waals surface area contributed by atoms with Crippen LogP contribution in [0, 0.1) is 0 Å². The molecule has 0 atom stereocenters. The molecule has 114 valence electrons. The minimum atomic E-state index is 0.742. The second kappa shape index (κ2) is 5.68. The van der Waals surface area contributed by atoms with Crippen molar-refractivity contribution in [2.24, 2.45) is 0 Å². The van der Waals surface area contributed by atoms with Crippen molar-refractivity contribution in [2.75, 3.05) is 11.9 Å². The smallest absolute Gasteiger partial charge is 0.184 e. The van der Waals surface area contributed by atoms with Gasteiger partial charge in [-0.05, 0) is 24.6 Å². The van der Waals surface area contributed by atoms with Crippen molar-refractivity contribution in [1.29, 1.82) is 0 Å². The summed E-state index contributed by atoms with van der Waals surface area (Å²) >= 11 is 0. The van der Waals surface area contributed by atoms with Crippen LogP contribution in [0.1, 0.15) is 18.2 Å². The molecule has 23 heavy (non-hydrogen) atoms. The van der Waals surface area contributed by atoms with E-state index in [1.807, 2.05) is 42.5 Å². The van der Waals surface area contributed by atoms with E-state index in [4.69, 9.17) is 4.98 Å². The fraction of sp³-hybridized carbons (Fsp3) is 0.167.